The van der Waals surface area contributed by atoms with Gasteiger partial charge in [0.1, 0.15) is 5.75 Å². The fraction of sp³-hybridized carbons (Fsp3) is 0.250. The molecular weight excluding hydrogens is 364 g/mol. The minimum atomic E-state index is 0.00446. The van der Waals surface area contributed by atoms with E-state index in [1.165, 1.54) is 9.75 Å². The van der Waals surface area contributed by atoms with E-state index in [1.54, 1.807) is 22.7 Å². The third-order valence-electron chi connectivity index (χ3n) is 4.42. The second-order valence-corrected chi connectivity index (χ2v) is 8.10. The van der Waals surface area contributed by atoms with E-state index in [0.717, 1.165) is 17.7 Å². The molecule has 0 radical (unpaired) electrons. The Morgan fingerprint density at radius 3 is 2.50 bits per heavy atom. The molecule has 0 aliphatic carbocycles. The number of hydrogen-bond acceptors (Lipinski definition) is 5. The Bertz CT molecular complexity index is 812. The van der Waals surface area contributed by atoms with Gasteiger partial charge in [0.05, 0.1) is 25.2 Å². The van der Waals surface area contributed by atoms with Gasteiger partial charge >= 0.3 is 0 Å². The van der Waals surface area contributed by atoms with E-state index in [-0.39, 0.29) is 24.5 Å². The van der Waals surface area contributed by atoms with Crippen LogP contribution in [0.3, 0.4) is 0 Å². The highest BCUT2D eigenvalue weighted by atomic mass is 32.1. The van der Waals surface area contributed by atoms with E-state index < -0.39 is 0 Å². The molecule has 2 N–H and O–H groups in total. The maximum absolute atomic E-state index is 12.6. The number of rotatable bonds is 6. The van der Waals surface area contributed by atoms with Gasteiger partial charge < -0.3 is 10.1 Å². The minimum Gasteiger partial charge on any atom is -0.493 e. The van der Waals surface area contributed by atoms with Gasteiger partial charge in [-0.1, -0.05) is 30.3 Å². The first-order chi connectivity index (χ1) is 12.8. The summed E-state index contributed by atoms with van der Waals surface area (Å²) in [6.07, 6.45) is 0.794. The fourth-order valence-electron chi connectivity index (χ4n) is 3.18. The summed E-state index contributed by atoms with van der Waals surface area (Å²) < 4.78 is 5.67. The molecule has 0 bridgehead atoms. The fourth-order valence-corrected chi connectivity index (χ4v) is 4.89. The third-order valence-corrected chi connectivity index (χ3v) is 6.29. The topological polar surface area (TPSA) is 50.4 Å². The molecule has 0 saturated carbocycles. The van der Waals surface area contributed by atoms with Crippen molar-refractivity contribution in [2.45, 2.75) is 18.5 Å². The number of carbonyl (C=O) groups is 1. The Labute approximate surface area is 160 Å². The summed E-state index contributed by atoms with van der Waals surface area (Å²) in [5.74, 6) is 0.872. The molecule has 6 heteroatoms. The van der Waals surface area contributed by atoms with Crippen molar-refractivity contribution in [2.75, 3.05) is 13.2 Å². The smallest absolute Gasteiger partial charge is 0.234 e. The largest absolute Gasteiger partial charge is 0.493 e. The Kier molecular flexibility index (Phi) is 5.34. The van der Waals surface area contributed by atoms with E-state index in [4.69, 9.17) is 4.74 Å². The Hall–Kier alpha value is -2.15. The first-order valence-corrected chi connectivity index (χ1v) is 10.4. The molecule has 0 saturated heterocycles. The molecule has 0 fully saturated rings. The summed E-state index contributed by atoms with van der Waals surface area (Å²) in [7, 11) is 0. The molecule has 3 heterocycles. The minimum absolute atomic E-state index is 0.00446. The van der Waals surface area contributed by atoms with Crippen LogP contribution in [0.1, 0.15) is 33.8 Å². The average molecular weight is 385 g/mol. The van der Waals surface area contributed by atoms with Crippen LogP contribution in [0, 0.1) is 0 Å². The standard InChI is InChI=1S/C20H20N2O2S2/c23-19(22-15-9-10-24-16-6-2-1-5-14(15)16)13-21-20(17-7-3-11-25-17)18-8-4-12-26-18/h1-8,11-12,15,20-21H,9-10,13H2,(H,22,23)/t15-/m1/s1. The molecule has 3 aromatic rings. The van der Waals surface area contributed by atoms with Crippen molar-refractivity contribution < 1.29 is 9.53 Å². The van der Waals surface area contributed by atoms with Crippen LogP contribution in [-0.2, 0) is 4.79 Å². The number of fused-ring (bicyclic) bond motifs is 1. The Morgan fingerprint density at radius 1 is 1.08 bits per heavy atom. The molecule has 1 aromatic carbocycles. The van der Waals surface area contributed by atoms with Crippen molar-refractivity contribution in [3.63, 3.8) is 0 Å². The van der Waals surface area contributed by atoms with Gasteiger partial charge in [-0.2, -0.15) is 0 Å². The number of amides is 1. The Morgan fingerprint density at radius 2 is 1.81 bits per heavy atom. The van der Waals surface area contributed by atoms with Gasteiger partial charge in [0.25, 0.3) is 0 Å². The van der Waals surface area contributed by atoms with Gasteiger partial charge in [0.15, 0.2) is 0 Å². The van der Waals surface area contributed by atoms with E-state index >= 15 is 0 Å². The van der Waals surface area contributed by atoms with Crippen molar-refractivity contribution in [3.8, 4) is 5.75 Å². The van der Waals surface area contributed by atoms with Crippen molar-refractivity contribution in [2.24, 2.45) is 0 Å². The number of benzene rings is 1. The van der Waals surface area contributed by atoms with Crippen LogP contribution in [0.2, 0.25) is 0 Å². The molecule has 26 heavy (non-hydrogen) atoms. The van der Waals surface area contributed by atoms with Crippen LogP contribution in [-0.4, -0.2) is 19.1 Å². The number of para-hydroxylation sites is 1. The van der Waals surface area contributed by atoms with E-state index in [9.17, 15) is 4.79 Å². The number of hydrogen-bond donors (Lipinski definition) is 2. The molecule has 1 aliphatic heterocycles. The molecule has 134 valence electrons. The van der Waals surface area contributed by atoms with Crippen molar-refractivity contribution in [1.82, 2.24) is 10.6 Å². The van der Waals surface area contributed by atoms with Crippen molar-refractivity contribution in [1.29, 1.82) is 0 Å². The summed E-state index contributed by atoms with van der Waals surface area (Å²) in [6.45, 7) is 0.905. The van der Waals surface area contributed by atoms with Crippen molar-refractivity contribution >= 4 is 28.6 Å². The molecule has 0 unspecified atom stereocenters. The lowest BCUT2D eigenvalue weighted by Gasteiger charge is -2.27. The number of nitrogens with one attached hydrogen (secondary N) is 2. The normalized spacial score (nSPS) is 16.1. The zero-order valence-electron chi connectivity index (χ0n) is 14.2. The summed E-state index contributed by atoms with van der Waals surface area (Å²) >= 11 is 3.41. The van der Waals surface area contributed by atoms with Crippen molar-refractivity contribution in [3.05, 3.63) is 74.6 Å². The maximum Gasteiger partial charge on any atom is 0.234 e. The van der Waals surface area contributed by atoms with Crippen LogP contribution in [0.25, 0.3) is 0 Å². The number of carbonyl (C=O) groups excluding carboxylic acids is 1. The van der Waals surface area contributed by atoms with Gasteiger partial charge in [0, 0.05) is 21.7 Å². The quantitative estimate of drug-likeness (QED) is 0.672. The van der Waals surface area contributed by atoms with E-state index in [2.05, 4.69) is 33.5 Å². The second-order valence-electron chi connectivity index (χ2n) is 6.14. The first-order valence-electron chi connectivity index (χ1n) is 8.62. The summed E-state index contributed by atoms with van der Waals surface area (Å²) in [5, 5.41) is 10.7. The van der Waals surface area contributed by atoms with Gasteiger partial charge in [-0.25, -0.2) is 0 Å². The lowest BCUT2D eigenvalue weighted by atomic mass is 10.0. The molecule has 1 atom stereocenters. The second kappa shape index (κ2) is 8.03. The van der Waals surface area contributed by atoms with Gasteiger partial charge in [0.2, 0.25) is 5.91 Å². The average Bonchev–Trinajstić information content (AvgIpc) is 3.37. The van der Waals surface area contributed by atoms with Gasteiger partial charge in [-0.15, -0.1) is 22.7 Å². The maximum atomic E-state index is 12.6. The highest BCUT2D eigenvalue weighted by Crippen LogP contribution is 2.32. The Balaban J connectivity index is 1.41. The van der Waals surface area contributed by atoms with Gasteiger partial charge in [-0.3, -0.25) is 10.1 Å². The highest BCUT2D eigenvalue weighted by molar-refractivity contribution is 7.11. The van der Waals surface area contributed by atoms with Crippen LogP contribution in [0.15, 0.2) is 59.3 Å². The molecule has 4 nitrogen and oxygen atoms in total. The lowest BCUT2D eigenvalue weighted by Crippen LogP contribution is -2.39. The number of thiophene rings is 2. The molecule has 0 spiro atoms. The van der Waals surface area contributed by atoms with Crippen LogP contribution < -0.4 is 15.4 Å². The predicted molar refractivity (Wildman–Crippen MR) is 106 cm³/mol. The molecule has 4 rings (SSSR count). The molecule has 1 amide bonds. The zero-order chi connectivity index (χ0) is 17.8. The zero-order valence-corrected chi connectivity index (χ0v) is 15.8. The molecule has 1 aliphatic rings. The first kappa shape index (κ1) is 17.3. The summed E-state index contributed by atoms with van der Waals surface area (Å²) in [4.78, 5) is 15.0. The van der Waals surface area contributed by atoms with Crippen LogP contribution in [0.4, 0.5) is 0 Å². The third kappa shape index (κ3) is 3.82. The summed E-state index contributed by atoms with van der Waals surface area (Å²) in [5.41, 5.74) is 1.06. The van der Waals surface area contributed by atoms with Crippen LogP contribution >= 0.6 is 22.7 Å². The summed E-state index contributed by atoms with van der Waals surface area (Å²) in [6, 6.07) is 16.3. The predicted octanol–water partition coefficient (Wildman–Crippen LogP) is 4.13. The monoisotopic (exact) mass is 384 g/mol. The molecule has 2 aromatic heterocycles. The SMILES string of the molecule is O=C(CNC(c1cccs1)c1cccs1)N[C@@H]1CCOc2ccccc21. The molecular formula is C20H20N2O2S2. The van der Waals surface area contributed by atoms with Gasteiger partial charge in [-0.05, 0) is 29.0 Å². The highest BCUT2D eigenvalue weighted by Gasteiger charge is 2.23. The van der Waals surface area contributed by atoms with E-state index in [1.807, 2.05) is 36.4 Å². The van der Waals surface area contributed by atoms with E-state index in [0.29, 0.717) is 6.61 Å². The van der Waals surface area contributed by atoms with Crippen LogP contribution in [0.5, 0.6) is 5.75 Å². The number of ether oxygens (including phenoxy) is 1. The lowest BCUT2D eigenvalue weighted by molar-refractivity contribution is -0.121.